The fourth-order valence-electron chi connectivity index (χ4n) is 2.31. The molecule has 0 radical (unpaired) electrons. The predicted molar refractivity (Wildman–Crippen MR) is 109 cm³/mol. The predicted octanol–water partition coefficient (Wildman–Crippen LogP) is 3.32. The number of nitrogens with two attached hydrogens (primary N) is 1. The van der Waals surface area contributed by atoms with Gasteiger partial charge in [0, 0.05) is 11.9 Å². The number of aryl methyl sites for hydroxylation is 2. The third-order valence-electron chi connectivity index (χ3n) is 4.04. The Morgan fingerprint density at radius 2 is 2.12 bits per heavy atom. The van der Waals surface area contributed by atoms with Crippen molar-refractivity contribution in [1.82, 2.24) is 9.88 Å². The third kappa shape index (κ3) is 5.59. The van der Waals surface area contributed by atoms with Gasteiger partial charge in [0.25, 0.3) is 5.17 Å². The van der Waals surface area contributed by atoms with Crippen molar-refractivity contribution in [3.8, 4) is 5.75 Å². The minimum Gasteiger partial charge on any atom is -0.430 e. The molecule has 1 aromatic heterocycles. The van der Waals surface area contributed by atoms with E-state index in [0.717, 1.165) is 25.1 Å². The second-order valence-electron chi connectivity index (χ2n) is 5.93. The molecule has 2 rings (SSSR count). The van der Waals surface area contributed by atoms with Gasteiger partial charge in [-0.05, 0) is 68.8 Å². The summed E-state index contributed by atoms with van der Waals surface area (Å²) in [6, 6.07) is 4.17. The first-order valence-corrected chi connectivity index (χ1v) is 9.49. The maximum absolute atomic E-state index is 5.89. The Hall–Kier alpha value is -1.83. The molecule has 1 aromatic carbocycles. The number of aromatic nitrogens is 1. The Morgan fingerprint density at radius 1 is 1.36 bits per heavy atom. The number of thiocarbonyl (C=S) groups is 1. The van der Waals surface area contributed by atoms with Gasteiger partial charge < -0.3 is 15.4 Å². The van der Waals surface area contributed by atoms with Gasteiger partial charge in [0.05, 0.1) is 5.51 Å². The van der Waals surface area contributed by atoms with Crippen molar-refractivity contribution in [3.63, 3.8) is 0 Å². The summed E-state index contributed by atoms with van der Waals surface area (Å²) in [5.41, 5.74) is 11.7. The molecule has 0 atom stereocenters. The van der Waals surface area contributed by atoms with E-state index >= 15 is 0 Å². The lowest BCUT2D eigenvalue weighted by atomic mass is 10.0. The molecule has 2 aromatic rings. The molecule has 0 aliphatic rings. The van der Waals surface area contributed by atoms with Crippen LogP contribution in [0.4, 0.5) is 0 Å². The molecule has 0 amide bonds. The lowest BCUT2D eigenvalue weighted by Crippen LogP contribution is -2.20. The van der Waals surface area contributed by atoms with Crippen molar-refractivity contribution in [2.24, 2.45) is 10.7 Å². The maximum atomic E-state index is 5.89. The Balaban J connectivity index is 2.08. The molecule has 2 N–H and O–H groups in total. The van der Waals surface area contributed by atoms with Gasteiger partial charge in [-0.25, -0.2) is 4.98 Å². The quantitative estimate of drug-likeness (QED) is 0.476. The van der Waals surface area contributed by atoms with Gasteiger partial charge in [-0.2, -0.15) is 4.99 Å². The van der Waals surface area contributed by atoms with Crippen molar-refractivity contribution in [1.29, 1.82) is 0 Å². The van der Waals surface area contributed by atoms with E-state index in [-0.39, 0.29) is 11.0 Å². The zero-order valence-corrected chi connectivity index (χ0v) is 16.7. The molecule has 0 spiro atoms. The van der Waals surface area contributed by atoms with E-state index in [4.69, 9.17) is 22.7 Å². The Morgan fingerprint density at radius 3 is 2.76 bits per heavy atom. The number of hydrogen-bond donors (Lipinski definition) is 1. The molecule has 0 saturated heterocycles. The van der Waals surface area contributed by atoms with Crippen LogP contribution in [0.1, 0.15) is 29.3 Å². The van der Waals surface area contributed by atoms with E-state index in [1.165, 1.54) is 22.5 Å². The lowest BCUT2D eigenvalue weighted by molar-refractivity contribution is 0.357. The van der Waals surface area contributed by atoms with E-state index in [2.05, 4.69) is 41.8 Å². The number of thiazole rings is 1. The normalized spacial score (nSPS) is 11.8. The number of ether oxygens (including phenoxy) is 1. The maximum Gasteiger partial charge on any atom is 0.290 e. The van der Waals surface area contributed by atoms with Crippen LogP contribution >= 0.6 is 23.6 Å². The molecule has 1 heterocycles. The highest BCUT2D eigenvalue weighted by Gasteiger charge is 2.10. The molecular weight excluding hydrogens is 352 g/mol. The molecule has 5 nitrogen and oxygen atoms in total. The summed E-state index contributed by atoms with van der Waals surface area (Å²) in [4.78, 5) is 10.5. The van der Waals surface area contributed by atoms with E-state index in [1.54, 1.807) is 5.51 Å². The van der Waals surface area contributed by atoms with Crippen LogP contribution in [0.5, 0.6) is 5.75 Å². The smallest absolute Gasteiger partial charge is 0.290 e. The summed E-state index contributed by atoms with van der Waals surface area (Å²) >= 11 is 6.66. The van der Waals surface area contributed by atoms with Crippen LogP contribution in [-0.4, -0.2) is 41.0 Å². The van der Waals surface area contributed by atoms with E-state index in [1.807, 2.05) is 18.4 Å². The van der Waals surface area contributed by atoms with Crippen LogP contribution in [0.25, 0.3) is 0 Å². The molecule has 0 saturated carbocycles. The second kappa shape index (κ2) is 9.03. The highest BCUT2D eigenvalue weighted by Crippen LogP contribution is 2.24. The van der Waals surface area contributed by atoms with Crippen LogP contribution in [0.2, 0.25) is 0 Å². The average Bonchev–Trinajstić information content (AvgIpc) is 3.10. The molecule has 0 unspecified atom stereocenters. The summed E-state index contributed by atoms with van der Waals surface area (Å²) in [7, 11) is 2.13. The van der Waals surface area contributed by atoms with Crippen LogP contribution in [-0.2, 0) is 6.42 Å². The molecule has 0 bridgehead atoms. The zero-order valence-electron chi connectivity index (χ0n) is 15.1. The standard InChI is InChI=1S/C18H24N4OS2/c1-5-22(4)7-6-14-8-13(3)16(9-12(14)2)23-18(24)21-17(19)15-10-25-11-20-15/h8-11H,5-7H2,1-4H3,(H2,19,21,24). The molecule has 0 aliphatic heterocycles. The Kier molecular flexibility index (Phi) is 7.04. The van der Waals surface area contributed by atoms with Gasteiger partial charge in [-0.15, -0.1) is 11.3 Å². The van der Waals surface area contributed by atoms with Crippen molar-refractivity contribution in [2.45, 2.75) is 27.2 Å². The minimum absolute atomic E-state index is 0.0893. The molecular formula is C18H24N4OS2. The number of benzene rings is 1. The zero-order chi connectivity index (χ0) is 18.4. The van der Waals surface area contributed by atoms with Crippen molar-refractivity contribution < 1.29 is 4.74 Å². The average molecular weight is 377 g/mol. The van der Waals surface area contributed by atoms with Gasteiger partial charge in [0.1, 0.15) is 11.4 Å². The number of rotatable bonds is 6. The number of nitrogens with zero attached hydrogens (tertiary/aromatic N) is 3. The highest BCUT2D eigenvalue weighted by atomic mass is 32.1. The van der Waals surface area contributed by atoms with E-state index in [9.17, 15) is 0 Å². The van der Waals surface area contributed by atoms with Crippen LogP contribution in [0, 0.1) is 13.8 Å². The van der Waals surface area contributed by atoms with Crippen molar-refractivity contribution in [2.75, 3.05) is 20.1 Å². The number of likely N-dealkylation sites (N-methyl/N-ethyl adjacent to an activating group) is 1. The fourth-order valence-corrected chi connectivity index (χ4v) is 3.04. The van der Waals surface area contributed by atoms with Crippen LogP contribution < -0.4 is 10.5 Å². The first-order chi connectivity index (χ1) is 11.9. The van der Waals surface area contributed by atoms with E-state index < -0.39 is 0 Å². The first kappa shape index (κ1) is 19.5. The topological polar surface area (TPSA) is 63.7 Å². The minimum atomic E-state index is 0.0893. The summed E-state index contributed by atoms with van der Waals surface area (Å²) < 4.78 is 5.73. The monoisotopic (exact) mass is 376 g/mol. The molecule has 0 fully saturated rings. The van der Waals surface area contributed by atoms with Crippen molar-refractivity contribution in [3.05, 3.63) is 45.4 Å². The number of amidine groups is 1. The van der Waals surface area contributed by atoms with Gasteiger partial charge in [0.15, 0.2) is 5.84 Å². The Labute approximate surface area is 158 Å². The molecule has 7 heteroatoms. The van der Waals surface area contributed by atoms with Gasteiger partial charge in [-0.1, -0.05) is 13.0 Å². The van der Waals surface area contributed by atoms with Crippen molar-refractivity contribution >= 4 is 34.6 Å². The largest absolute Gasteiger partial charge is 0.430 e. The van der Waals surface area contributed by atoms with E-state index in [0.29, 0.717) is 11.4 Å². The molecule has 134 valence electrons. The lowest BCUT2D eigenvalue weighted by Gasteiger charge is -2.16. The van der Waals surface area contributed by atoms with Gasteiger partial charge in [0.2, 0.25) is 0 Å². The third-order valence-corrected chi connectivity index (χ3v) is 4.80. The first-order valence-electron chi connectivity index (χ1n) is 8.14. The molecule has 0 aliphatic carbocycles. The Bertz CT molecular complexity index is 757. The van der Waals surface area contributed by atoms with Crippen LogP contribution in [0.15, 0.2) is 28.0 Å². The summed E-state index contributed by atoms with van der Waals surface area (Å²) in [6.07, 6.45) is 1.01. The summed E-state index contributed by atoms with van der Waals surface area (Å²) in [5, 5.41) is 1.91. The second-order valence-corrected chi connectivity index (χ2v) is 7.00. The highest BCUT2D eigenvalue weighted by molar-refractivity contribution is 7.80. The van der Waals surface area contributed by atoms with Gasteiger partial charge >= 0.3 is 0 Å². The number of hydrogen-bond acceptors (Lipinski definition) is 5. The fraction of sp³-hybridized carbons (Fsp3) is 0.389. The summed E-state index contributed by atoms with van der Waals surface area (Å²) in [5.74, 6) is 0.977. The SMILES string of the molecule is CCN(C)CCc1cc(C)c(OC(=S)N=C(N)c2cscn2)cc1C. The molecule has 25 heavy (non-hydrogen) atoms. The van der Waals surface area contributed by atoms with Crippen LogP contribution in [0.3, 0.4) is 0 Å². The summed E-state index contributed by atoms with van der Waals surface area (Å²) in [6.45, 7) is 8.34. The number of aliphatic imine (C=N–C) groups is 1. The van der Waals surface area contributed by atoms with Gasteiger partial charge in [-0.3, -0.25) is 0 Å².